The van der Waals surface area contributed by atoms with E-state index in [2.05, 4.69) is 26.2 Å². The number of carbonyl (C=O) groups is 1. The molecule has 0 fully saturated rings. The van der Waals surface area contributed by atoms with Crippen LogP contribution in [0.1, 0.15) is 13.3 Å². The van der Waals surface area contributed by atoms with E-state index >= 15 is 0 Å². The quantitative estimate of drug-likeness (QED) is 0.859. The van der Waals surface area contributed by atoms with Crippen molar-refractivity contribution in [2.45, 2.75) is 13.3 Å². The molecule has 0 unspecified atom stereocenters. The average Bonchev–Trinajstić information content (AvgIpc) is 2.39. The number of halogens is 1. The van der Waals surface area contributed by atoms with Crippen LogP contribution in [0, 0.1) is 0 Å². The first kappa shape index (κ1) is 14.0. The summed E-state index contributed by atoms with van der Waals surface area (Å²) in [5.74, 6) is -0.161. The van der Waals surface area contributed by atoms with E-state index in [0.29, 0.717) is 12.3 Å². The third-order valence-corrected chi connectivity index (χ3v) is 2.97. The summed E-state index contributed by atoms with van der Waals surface area (Å²) in [6.07, 6.45) is 2.61. The first-order chi connectivity index (χ1) is 9.20. The first-order valence-electron chi connectivity index (χ1n) is 6.12. The van der Waals surface area contributed by atoms with Gasteiger partial charge in [-0.15, -0.1) is 0 Å². The van der Waals surface area contributed by atoms with Crippen LogP contribution in [0.4, 0.5) is 5.69 Å². The zero-order valence-corrected chi connectivity index (χ0v) is 12.2. The van der Waals surface area contributed by atoms with Gasteiger partial charge in [-0.3, -0.25) is 9.78 Å². The minimum Gasteiger partial charge on any atom is -0.372 e. The second-order valence-corrected chi connectivity index (χ2v) is 5.05. The Labute approximate surface area is 120 Å². The number of aromatic nitrogens is 1. The van der Waals surface area contributed by atoms with Gasteiger partial charge < -0.3 is 10.1 Å². The van der Waals surface area contributed by atoms with Crippen LogP contribution in [0.15, 0.2) is 34.9 Å². The molecular weight excluding hydrogens is 308 g/mol. The molecule has 2 aromatic rings. The maximum atomic E-state index is 11.7. The summed E-state index contributed by atoms with van der Waals surface area (Å²) in [5.41, 5.74) is 1.48. The van der Waals surface area contributed by atoms with Crippen molar-refractivity contribution in [1.29, 1.82) is 0 Å². The molecule has 0 radical (unpaired) electrons. The highest BCUT2D eigenvalue weighted by atomic mass is 79.9. The van der Waals surface area contributed by atoms with Gasteiger partial charge in [0.05, 0.1) is 11.2 Å². The lowest BCUT2D eigenvalue weighted by atomic mass is 10.2. The zero-order valence-electron chi connectivity index (χ0n) is 10.6. The Hall–Kier alpha value is -1.46. The van der Waals surface area contributed by atoms with Crippen molar-refractivity contribution in [3.05, 3.63) is 34.9 Å². The Morgan fingerprint density at radius 1 is 1.47 bits per heavy atom. The molecule has 1 aromatic carbocycles. The number of nitrogens with one attached hydrogen (secondary N) is 1. The third kappa shape index (κ3) is 3.75. The fourth-order valence-corrected chi connectivity index (χ4v) is 2.08. The van der Waals surface area contributed by atoms with Crippen molar-refractivity contribution in [3.8, 4) is 0 Å². The molecular formula is C14H15BrN2O2. The highest BCUT2D eigenvalue weighted by Crippen LogP contribution is 2.23. The van der Waals surface area contributed by atoms with Gasteiger partial charge in [0.2, 0.25) is 5.91 Å². The Morgan fingerprint density at radius 2 is 2.32 bits per heavy atom. The summed E-state index contributed by atoms with van der Waals surface area (Å²) >= 11 is 3.38. The lowest BCUT2D eigenvalue weighted by Gasteiger charge is -2.08. The van der Waals surface area contributed by atoms with Crippen molar-refractivity contribution in [2.24, 2.45) is 0 Å². The van der Waals surface area contributed by atoms with Gasteiger partial charge in [-0.25, -0.2) is 0 Å². The minimum atomic E-state index is -0.161. The summed E-state index contributed by atoms with van der Waals surface area (Å²) in [4.78, 5) is 16.1. The Morgan fingerprint density at radius 3 is 3.11 bits per heavy atom. The molecule has 0 aliphatic carbocycles. The molecule has 0 saturated heterocycles. The summed E-state index contributed by atoms with van der Waals surface area (Å²) < 4.78 is 6.12. The molecule has 19 heavy (non-hydrogen) atoms. The zero-order chi connectivity index (χ0) is 13.7. The van der Waals surface area contributed by atoms with E-state index in [1.165, 1.54) is 0 Å². The van der Waals surface area contributed by atoms with E-state index in [1.807, 2.05) is 31.2 Å². The molecule has 0 spiro atoms. The maximum absolute atomic E-state index is 11.7. The van der Waals surface area contributed by atoms with Crippen LogP contribution in [-0.2, 0) is 9.53 Å². The van der Waals surface area contributed by atoms with Crippen molar-refractivity contribution in [3.63, 3.8) is 0 Å². The molecule has 0 saturated carbocycles. The van der Waals surface area contributed by atoms with Gasteiger partial charge in [0.15, 0.2) is 0 Å². The number of nitrogens with zero attached hydrogens (tertiary/aromatic N) is 1. The van der Waals surface area contributed by atoms with E-state index in [1.54, 1.807) is 6.20 Å². The molecule has 1 aromatic heterocycles. The summed E-state index contributed by atoms with van der Waals surface area (Å²) in [6.45, 7) is 2.67. The van der Waals surface area contributed by atoms with E-state index < -0.39 is 0 Å². The van der Waals surface area contributed by atoms with Gasteiger partial charge in [-0.2, -0.15) is 0 Å². The fraction of sp³-hybridized carbons (Fsp3) is 0.286. The average molecular weight is 323 g/mol. The molecule has 4 nitrogen and oxygen atoms in total. The molecule has 5 heteroatoms. The lowest BCUT2D eigenvalue weighted by Crippen LogP contribution is -2.18. The standard InChI is InChI=1S/C14H15BrN2O2/c1-2-6-19-9-13(18)17-12-5-3-4-10-7-11(15)8-16-14(10)12/h3-5,7-8H,2,6,9H2,1H3,(H,17,18). The van der Waals surface area contributed by atoms with Crippen molar-refractivity contribution in [1.82, 2.24) is 4.98 Å². The van der Waals surface area contributed by atoms with Crippen LogP contribution in [0.5, 0.6) is 0 Å². The summed E-state index contributed by atoms with van der Waals surface area (Å²) in [7, 11) is 0. The predicted octanol–water partition coefficient (Wildman–Crippen LogP) is 3.36. The number of pyridine rings is 1. The molecule has 0 bridgehead atoms. The normalized spacial score (nSPS) is 10.6. The summed E-state index contributed by atoms with van der Waals surface area (Å²) in [5, 5.41) is 3.80. The van der Waals surface area contributed by atoms with Gasteiger partial charge in [-0.1, -0.05) is 19.1 Å². The molecule has 1 heterocycles. The number of hydrogen-bond donors (Lipinski definition) is 1. The number of fused-ring (bicyclic) bond motifs is 1. The maximum Gasteiger partial charge on any atom is 0.250 e. The highest BCUT2D eigenvalue weighted by molar-refractivity contribution is 9.10. The number of ether oxygens (including phenoxy) is 1. The molecule has 1 N–H and O–H groups in total. The van der Waals surface area contributed by atoms with Crippen LogP contribution in [0.3, 0.4) is 0 Å². The second kappa shape index (κ2) is 6.63. The van der Waals surface area contributed by atoms with Crippen molar-refractivity contribution >= 4 is 38.4 Å². The topological polar surface area (TPSA) is 51.2 Å². The van der Waals surface area contributed by atoms with Crippen LogP contribution in [0.2, 0.25) is 0 Å². The second-order valence-electron chi connectivity index (χ2n) is 4.13. The van der Waals surface area contributed by atoms with Gasteiger partial charge in [0.25, 0.3) is 0 Å². The lowest BCUT2D eigenvalue weighted by molar-refractivity contribution is -0.120. The predicted molar refractivity (Wildman–Crippen MR) is 79.2 cm³/mol. The van der Waals surface area contributed by atoms with Gasteiger partial charge in [0, 0.05) is 22.7 Å². The van der Waals surface area contributed by atoms with Crippen molar-refractivity contribution in [2.75, 3.05) is 18.5 Å². The monoisotopic (exact) mass is 322 g/mol. The van der Waals surface area contributed by atoms with Crippen LogP contribution >= 0.6 is 15.9 Å². The van der Waals surface area contributed by atoms with Crippen LogP contribution in [0.25, 0.3) is 10.9 Å². The highest BCUT2D eigenvalue weighted by Gasteiger charge is 2.07. The van der Waals surface area contributed by atoms with Gasteiger partial charge in [0.1, 0.15) is 6.61 Å². The molecule has 100 valence electrons. The Balaban J connectivity index is 2.14. The van der Waals surface area contributed by atoms with E-state index in [4.69, 9.17) is 4.74 Å². The Kier molecular flexibility index (Phi) is 4.87. The number of benzene rings is 1. The number of hydrogen-bond acceptors (Lipinski definition) is 3. The number of amides is 1. The third-order valence-electron chi connectivity index (χ3n) is 2.53. The molecule has 0 aliphatic heterocycles. The smallest absolute Gasteiger partial charge is 0.250 e. The van der Waals surface area contributed by atoms with E-state index in [0.717, 1.165) is 21.8 Å². The fourth-order valence-electron chi connectivity index (χ4n) is 1.73. The molecule has 0 atom stereocenters. The van der Waals surface area contributed by atoms with Gasteiger partial charge >= 0.3 is 0 Å². The van der Waals surface area contributed by atoms with Crippen LogP contribution in [-0.4, -0.2) is 24.1 Å². The molecule has 2 rings (SSSR count). The number of para-hydroxylation sites is 1. The van der Waals surface area contributed by atoms with Gasteiger partial charge in [-0.05, 0) is 34.5 Å². The van der Waals surface area contributed by atoms with Crippen LogP contribution < -0.4 is 5.32 Å². The molecule has 0 aliphatic rings. The number of anilines is 1. The number of carbonyl (C=O) groups excluding carboxylic acids is 1. The largest absolute Gasteiger partial charge is 0.372 e. The SMILES string of the molecule is CCCOCC(=O)Nc1cccc2cc(Br)cnc12. The first-order valence-corrected chi connectivity index (χ1v) is 6.92. The van der Waals surface area contributed by atoms with Crippen molar-refractivity contribution < 1.29 is 9.53 Å². The minimum absolute atomic E-state index is 0.0702. The van der Waals surface area contributed by atoms with E-state index in [9.17, 15) is 4.79 Å². The summed E-state index contributed by atoms with van der Waals surface area (Å²) in [6, 6.07) is 7.64. The number of rotatable bonds is 5. The van der Waals surface area contributed by atoms with E-state index in [-0.39, 0.29) is 12.5 Å². The Bertz CT molecular complexity index is 587. The molecule has 1 amide bonds.